The van der Waals surface area contributed by atoms with Crippen LogP contribution in [-0.4, -0.2) is 12.1 Å². The van der Waals surface area contributed by atoms with Crippen molar-refractivity contribution >= 4 is 23.7 Å². The van der Waals surface area contributed by atoms with Gasteiger partial charge < -0.3 is 0 Å². The molecule has 0 heterocycles. The summed E-state index contributed by atoms with van der Waals surface area (Å²) in [5.74, 6) is -0.204. The highest BCUT2D eigenvalue weighted by atomic mass is 35.5. The minimum atomic E-state index is -0.204. The minimum absolute atomic E-state index is 0.204. The highest BCUT2D eigenvalue weighted by Crippen LogP contribution is 2.15. The summed E-state index contributed by atoms with van der Waals surface area (Å²) in [5, 5.41) is 4.35. The number of hydrazone groups is 1. The summed E-state index contributed by atoms with van der Waals surface area (Å²) in [7, 11) is 0. The van der Waals surface area contributed by atoms with E-state index in [1.165, 1.54) is 13.1 Å². The van der Waals surface area contributed by atoms with Crippen LogP contribution in [0.15, 0.2) is 23.3 Å². The SMILES string of the molecule is CC(=O)N/N=C\c1ccc(C)cc1Cl. The van der Waals surface area contributed by atoms with E-state index in [1.54, 1.807) is 0 Å². The molecule has 0 aliphatic carbocycles. The van der Waals surface area contributed by atoms with Crippen molar-refractivity contribution in [2.45, 2.75) is 13.8 Å². The molecule has 0 radical (unpaired) electrons. The van der Waals surface area contributed by atoms with Crippen LogP contribution in [0.4, 0.5) is 0 Å². The molecular weight excluding hydrogens is 200 g/mol. The smallest absolute Gasteiger partial charge is 0.236 e. The number of benzene rings is 1. The molecule has 0 aliphatic rings. The lowest BCUT2D eigenvalue weighted by molar-refractivity contribution is -0.118. The van der Waals surface area contributed by atoms with E-state index in [1.807, 2.05) is 25.1 Å². The van der Waals surface area contributed by atoms with Crippen molar-refractivity contribution in [2.24, 2.45) is 5.10 Å². The number of hydrogen-bond acceptors (Lipinski definition) is 2. The van der Waals surface area contributed by atoms with E-state index in [2.05, 4.69) is 10.5 Å². The minimum Gasteiger partial charge on any atom is -0.274 e. The van der Waals surface area contributed by atoms with Crippen LogP contribution in [0.25, 0.3) is 0 Å². The Morgan fingerprint density at radius 2 is 2.29 bits per heavy atom. The molecule has 0 unspecified atom stereocenters. The van der Waals surface area contributed by atoms with E-state index in [4.69, 9.17) is 11.6 Å². The molecule has 1 N–H and O–H groups in total. The molecule has 4 heteroatoms. The van der Waals surface area contributed by atoms with Gasteiger partial charge in [-0.1, -0.05) is 23.7 Å². The summed E-state index contributed by atoms with van der Waals surface area (Å²) < 4.78 is 0. The van der Waals surface area contributed by atoms with Crippen LogP contribution in [0.2, 0.25) is 5.02 Å². The maximum atomic E-state index is 10.5. The number of halogens is 1. The first-order chi connectivity index (χ1) is 6.59. The standard InChI is InChI=1S/C10H11ClN2O/c1-7-3-4-9(10(11)5-7)6-12-13-8(2)14/h3-6H,1-2H3,(H,13,14)/b12-6-. The van der Waals surface area contributed by atoms with Gasteiger partial charge in [-0.2, -0.15) is 5.10 Å². The van der Waals surface area contributed by atoms with Gasteiger partial charge in [0.1, 0.15) is 0 Å². The van der Waals surface area contributed by atoms with Crippen molar-refractivity contribution in [3.05, 3.63) is 34.3 Å². The molecule has 1 rings (SSSR count). The normalized spacial score (nSPS) is 10.5. The number of amides is 1. The molecular formula is C10H11ClN2O. The molecule has 0 fully saturated rings. The first-order valence-corrected chi connectivity index (χ1v) is 4.53. The molecule has 0 saturated carbocycles. The third-order valence-corrected chi connectivity index (χ3v) is 1.91. The Bertz CT molecular complexity index is 374. The number of carbonyl (C=O) groups excluding carboxylic acids is 1. The van der Waals surface area contributed by atoms with Gasteiger partial charge in [0.15, 0.2) is 0 Å². The average Bonchev–Trinajstić information content (AvgIpc) is 2.08. The van der Waals surface area contributed by atoms with Crippen LogP contribution < -0.4 is 5.43 Å². The summed E-state index contributed by atoms with van der Waals surface area (Å²) in [6, 6.07) is 5.63. The van der Waals surface area contributed by atoms with Crippen molar-refractivity contribution in [3.8, 4) is 0 Å². The van der Waals surface area contributed by atoms with Crippen LogP contribution in [-0.2, 0) is 4.79 Å². The Labute approximate surface area is 87.8 Å². The number of carbonyl (C=O) groups is 1. The largest absolute Gasteiger partial charge is 0.274 e. The quantitative estimate of drug-likeness (QED) is 0.590. The predicted octanol–water partition coefficient (Wildman–Crippen LogP) is 2.12. The topological polar surface area (TPSA) is 41.5 Å². The average molecular weight is 211 g/mol. The summed E-state index contributed by atoms with van der Waals surface area (Å²) in [6.07, 6.45) is 1.52. The summed E-state index contributed by atoms with van der Waals surface area (Å²) >= 11 is 5.94. The maximum Gasteiger partial charge on any atom is 0.236 e. The highest BCUT2D eigenvalue weighted by molar-refractivity contribution is 6.33. The van der Waals surface area contributed by atoms with Gasteiger partial charge in [-0.3, -0.25) is 4.79 Å². The van der Waals surface area contributed by atoms with Gasteiger partial charge in [0.05, 0.1) is 6.21 Å². The molecule has 0 spiro atoms. The fourth-order valence-corrected chi connectivity index (χ4v) is 1.21. The van der Waals surface area contributed by atoms with Gasteiger partial charge in [0.2, 0.25) is 5.91 Å². The lowest BCUT2D eigenvalue weighted by Gasteiger charge is -1.98. The molecule has 74 valence electrons. The zero-order valence-corrected chi connectivity index (χ0v) is 8.80. The van der Waals surface area contributed by atoms with Crippen LogP contribution in [0, 0.1) is 6.92 Å². The maximum absolute atomic E-state index is 10.5. The Hall–Kier alpha value is -1.35. The lowest BCUT2D eigenvalue weighted by atomic mass is 10.2. The second-order valence-corrected chi connectivity index (χ2v) is 3.36. The Balaban J connectivity index is 2.76. The van der Waals surface area contributed by atoms with Gasteiger partial charge in [0.25, 0.3) is 0 Å². The molecule has 0 atom stereocenters. The number of aryl methyl sites for hydroxylation is 1. The molecule has 0 aliphatic heterocycles. The summed E-state index contributed by atoms with van der Waals surface area (Å²) in [4.78, 5) is 10.5. The lowest BCUT2D eigenvalue weighted by Crippen LogP contribution is -2.12. The zero-order valence-electron chi connectivity index (χ0n) is 8.04. The molecule has 1 amide bonds. The van der Waals surface area contributed by atoms with Gasteiger partial charge >= 0.3 is 0 Å². The van der Waals surface area contributed by atoms with Crippen LogP contribution in [0.3, 0.4) is 0 Å². The van der Waals surface area contributed by atoms with Crippen molar-refractivity contribution in [3.63, 3.8) is 0 Å². The van der Waals surface area contributed by atoms with Crippen LogP contribution in [0.1, 0.15) is 18.1 Å². The monoisotopic (exact) mass is 210 g/mol. The van der Waals surface area contributed by atoms with E-state index >= 15 is 0 Å². The summed E-state index contributed by atoms with van der Waals surface area (Å²) in [6.45, 7) is 3.36. The second-order valence-electron chi connectivity index (χ2n) is 2.95. The molecule has 0 saturated heterocycles. The van der Waals surface area contributed by atoms with Crippen LogP contribution >= 0.6 is 11.6 Å². The number of nitrogens with zero attached hydrogens (tertiary/aromatic N) is 1. The Morgan fingerprint density at radius 3 is 2.86 bits per heavy atom. The Kier molecular flexibility index (Phi) is 3.65. The predicted molar refractivity (Wildman–Crippen MR) is 57.6 cm³/mol. The van der Waals surface area contributed by atoms with E-state index in [9.17, 15) is 4.79 Å². The van der Waals surface area contributed by atoms with Gasteiger partial charge in [-0.25, -0.2) is 5.43 Å². The van der Waals surface area contributed by atoms with E-state index in [0.717, 1.165) is 11.1 Å². The highest BCUT2D eigenvalue weighted by Gasteiger charge is 1.96. The number of nitrogens with one attached hydrogen (secondary N) is 1. The fraction of sp³-hybridized carbons (Fsp3) is 0.200. The van der Waals surface area contributed by atoms with E-state index < -0.39 is 0 Å². The third kappa shape index (κ3) is 3.18. The van der Waals surface area contributed by atoms with E-state index in [0.29, 0.717) is 5.02 Å². The molecule has 0 aromatic heterocycles. The second kappa shape index (κ2) is 4.77. The summed E-state index contributed by atoms with van der Waals surface area (Å²) in [5.41, 5.74) is 4.18. The van der Waals surface area contributed by atoms with Crippen LogP contribution in [0.5, 0.6) is 0 Å². The first-order valence-electron chi connectivity index (χ1n) is 4.15. The van der Waals surface area contributed by atoms with Gasteiger partial charge in [-0.15, -0.1) is 0 Å². The molecule has 3 nitrogen and oxygen atoms in total. The molecule has 1 aromatic carbocycles. The molecule has 0 bridgehead atoms. The number of hydrogen-bond donors (Lipinski definition) is 1. The van der Waals surface area contributed by atoms with Gasteiger partial charge in [0, 0.05) is 17.5 Å². The van der Waals surface area contributed by atoms with Crippen molar-refractivity contribution < 1.29 is 4.79 Å². The molecule has 14 heavy (non-hydrogen) atoms. The van der Waals surface area contributed by atoms with Crippen molar-refractivity contribution in [1.82, 2.24) is 5.43 Å². The molecule has 1 aromatic rings. The third-order valence-electron chi connectivity index (χ3n) is 1.58. The zero-order chi connectivity index (χ0) is 10.6. The first kappa shape index (κ1) is 10.7. The van der Waals surface area contributed by atoms with E-state index in [-0.39, 0.29) is 5.91 Å². The fourth-order valence-electron chi connectivity index (χ4n) is 0.930. The van der Waals surface area contributed by atoms with Crippen molar-refractivity contribution in [1.29, 1.82) is 0 Å². The van der Waals surface area contributed by atoms with Gasteiger partial charge in [-0.05, 0) is 18.6 Å². The Morgan fingerprint density at radius 1 is 1.57 bits per heavy atom. The van der Waals surface area contributed by atoms with Crippen molar-refractivity contribution in [2.75, 3.05) is 0 Å². The number of rotatable bonds is 2.